The van der Waals surface area contributed by atoms with Crippen LogP contribution in [0.5, 0.6) is 5.75 Å². The monoisotopic (exact) mass is 473 g/mol. The van der Waals surface area contributed by atoms with E-state index in [9.17, 15) is 9.59 Å². The van der Waals surface area contributed by atoms with Gasteiger partial charge in [-0.1, -0.05) is 12.1 Å². The van der Waals surface area contributed by atoms with Gasteiger partial charge >= 0.3 is 0 Å². The molecule has 0 unspecified atom stereocenters. The number of benzene rings is 1. The van der Waals surface area contributed by atoms with Gasteiger partial charge in [0.15, 0.2) is 12.4 Å². The van der Waals surface area contributed by atoms with Crippen LogP contribution in [0.1, 0.15) is 51.0 Å². The summed E-state index contributed by atoms with van der Waals surface area (Å²) in [5, 5.41) is 2.80. The normalized spacial score (nSPS) is 27.0. The lowest BCUT2D eigenvalue weighted by Gasteiger charge is -2.57. The number of hydrogen-bond donors (Lipinski definition) is 1. The van der Waals surface area contributed by atoms with Crippen LogP contribution in [0, 0.1) is 17.8 Å². The summed E-state index contributed by atoms with van der Waals surface area (Å²) < 4.78 is 21.6. The highest BCUT2D eigenvalue weighted by atomic mass is 16.5. The van der Waals surface area contributed by atoms with E-state index < -0.39 is 0 Å². The lowest BCUT2D eigenvalue weighted by atomic mass is 9.48. The summed E-state index contributed by atoms with van der Waals surface area (Å²) in [4.78, 5) is 22.8. The second-order valence-electron chi connectivity index (χ2n) is 10.3. The van der Waals surface area contributed by atoms with Crippen molar-refractivity contribution in [3.8, 4) is 5.75 Å². The Morgan fingerprint density at radius 3 is 1.97 bits per heavy atom. The predicted molar refractivity (Wildman–Crippen MR) is 128 cm³/mol. The Kier molecular flexibility index (Phi) is 8.98. The smallest absolute Gasteiger partial charge is 0.258 e. The van der Waals surface area contributed by atoms with Crippen molar-refractivity contribution in [3.05, 3.63) is 29.8 Å². The molecule has 4 bridgehead atoms. The van der Waals surface area contributed by atoms with Gasteiger partial charge in [-0.25, -0.2) is 0 Å². The van der Waals surface area contributed by atoms with E-state index in [1.54, 1.807) is 0 Å². The van der Waals surface area contributed by atoms with Gasteiger partial charge in [0, 0.05) is 6.54 Å². The van der Waals surface area contributed by atoms with Gasteiger partial charge in [-0.05, 0) is 86.3 Å². The zero-order valence-corrected chi connectivity index (χ0v) is 20.4. The molecule has 7 heteroatoms. The Hall–Kier alpha value is -1.96. The fraction of sp³-hybridized carbons (Fsp3) is 0.704. The number of ketones is 1. The van der Waals surface area contributed by atoms with Gasteiger partial charge in [-0.15, -0.1) is 0 Å². The number of rotatable bonds is 15. The molecule has 0 atom stereocenters. The molecular formula is C27H39NO6. The molecular weight excluding hydrogens is 434 g/mol. The van der Waals surface area contributed by atoms with Crippen molar-refractivity contribution in [1.29, 1.82) is 0 Å². The lowest BCUT2D eigenvalue weighted by molar-refractivity contribution is -0.123. The molecule has 0 spiro atoms. The Balaban J connectivity index is 1.05. The molecule has 0 saturated heterocycles. The molecule has 1 aromatic carbocycles. The number of carbonyl (C=O) groups is 2. The van der Waals surface area contributed by atoms with Gasteiger partial charge < -0.3 is 24.3 Å². The van der Waals surface area contributed by atoms with Crippen molar-refractivity contribution in [3.63, 3.8) is 0 Å². The van der Waals surface area contributed by atoms with Gasteiger partial charge in [0.25, 0.3) is 5.91 Å². The van der Waals surface area contributed by atoms with E-state index in [2.05, 4.69) is 17.4 Å². The lowest BCUT2D eigenvalue weighted by Crippen LogP contribution is -2.48. The second-order valence-corrected chi connectivity index (χ2v) is 10.3. The standard InChI is InChI=1S/C27H39NO6/c1-20(29)18-33-11-10-32-9-8-31-7-6-28-26(30)19-34-25-4-2-24(3-5-25)27-15-21-12-22(16-27)14-23(13-21)17-27/h2-5,21-23H,6-19H2,1H3,(H,28,30). The molecule has 4 aliphatic carbocycles. The van der Waals surface area contributed by atoms with Gasteiger partial charge in [-0.2, -0.15) is 0 Å². The van der Waals surface area contributed by atoms with Crippen LogP contribution in [-0.4, -0.2) is 64.5 Å². The summed E-state index contributed by atoms with van der Waals surface area (Å²) in [6.07, 6.45) is 8.41. The molecule has 1 aromatic rings. The van der Waals surface area contributed by atoms with Gasteiger partial charge in [0.1, 0.15) is 12.4 Å². The summed E-state index contributed by atoms with van der Waals surface area (Å²) >= 11 is 0. The predicted octanol–water partition coefficient (Wildman–Crippen LogP) is 3.29. The zero-order chi connectivity index (χ0) is 23.8. The second kappa shape index (κ2) is 12.1. The van der Waals surface area contributed by atoms with Crippen LogP contribution in [0.3, 0.4) is 0 Å². The van der Waals surface area contributed by atoms with Crippen molar-refractivity contribution in [2.75, 3.05) is 52.8 Å². The van der Waals surface area contributed by atoms with Crippen molar-refractivity contribution in [1.82, 2.24) is 5.32 Å². The molecule has 188 valence electrons. The molecule has 4 saturated carbocycles. The van der Waals surface area contributed by atoms with Crippen LogP contribution in [0.25, 0.3) is 0 Å². The van der Waals surface area contributed by atoms with E-state index >= 15 is 0 Å². The molecule has 5 rings (SSSR count). The first kappa shape index (κ1) is 25.1. The van der Waals surface area contributed by atoms with E-state index in [1.165, 1.54) is 51.0 Å². The summed E-state index contributed by atoms with van der Waals surface area (Å²) in [6.45, 7) is 4.14. The third-order valence-corrected chi connectivity index (χ3v) is 7.49. The van der Waals surface area contributed by atoms with Gasteiger partial charge in [-0.3, -0.25) is 9.59 Å². The molecule has 0 aromatic heterocycles. The third kappa shape index (κ3) is 7.03. The summed E-state index contributed by atoms with van der Waals surface area (Å²) in [7, 11) is 0. The topological polar surface area (TPSA) is 83.1 Å². The highest BCUT2D eigenvalue weighted by molar-refractivity contribution is 5.77. The Labute approximate surface area is 202 Å². The molecule has 0 heterocycles. The number of amides is 1. The number of ether oxygens (including phenoxy) is 4. The maximum atomic E-state index is 12.0. The van der Waals surface area contributed by atoms with Crippen LogP contribution in [0.4, 0.5) is 0 Å². The first-order valence-electron chi connectivity index (χ1n) is 12.8. The fourth-order valence-electron chi connectivity index (χ4n) is 6.49. The maximum Gasteiger partial charge on any atom is 0.258 e. The molecule has 0 radical (unpaired) electrons. The first-order valence-corrected chi connectivity index (χ1v) is 12.8. The quantitative estimate of drug-likeness (QED) is 0.394. The van der Waals surface area contributed by atoms with Crippen LogP contribution in [0.15, 0.2) is 24.3 Å². The van der Waals surface area contributed by atoms with E-state index in [0.717, 1.165) is 23.5 Å². The number of nitrogens with one attached hydrogen (secondary N) is 1. The number of carbonyl (C=O) groups excluding carboxylic acids is 2. The highest BCUT2D eigenvalue weighted by Gasteiger charge is 2.51. The zero-order valence-electron chi connectivity index (χ0n) is 20.4. The first-order chi connectivity index (χ1) is 16.5. The fourth-order valence-corrected chi connectivity index (χ4v) is 6.49. The van der Waals surface area contributed by atoms with Crippen LogP contribution < -0.4 is 10.1 Å². The molecule has 4 aliphatic rings. The molecule has 34 heavy (non-hydrogen) atoms. The third-order valence-electron chi connectivity index (χ3n) is 7.49. The van der Waals surface area contributed by atoms with Crippen molar-refractivity contribution in [2.24, 2.45) is 17.8 Å². The average molecular weight is 474 g/mol. The van der Waals surface area contributed by atoms with E-state index in [-0.39, 0.29) is 24.9 Å². The summed E-state index contributed by atoms with van der Waals surface area (Å²) in [5.41, 5.74) is 1.85. The van der Waals surface area contributed by atoms with Crippen LogP contribution in [0.2, 0.25) is 0 Å². The van der Waals surface area contributed by atoms with Crippen molar-refractivity contribution in [2.45, 2.75) is 50.9 Å². The molecule has 0 aliphatic heterocycles. The van der Waals surface area contributed by atoms with Gasteiger partial charge in [0.2, 0.25) is 0 Å². The van der Waals surface area contributed by atoms with Crippen LogP contribution in [-0.2, 0) is 29.2 Å². The average Bonchev–Trinajstić information content (AvgIpc) is 2.80. The number of Topliss-reactive ketones (excluding diaryl/α,β-unsaturated/α-hetero) is 1. The Morgan fingerprint density at radius 2 is 1.38 bits per heavy atom. The highest BCUT2D eigenvalue weighted by Crippen LogP contribution is 2.60. The van der Waals surface area contributed by atoms with E-state index in [0.29, 0.717) is 45.0 Å². The minimum absolute atomic E-state index is 0.0000850. The largest absolute Gasteiger partial charge is 0.484 e. The minimum atomic E-state index is -0.160. The summed E-state index contributed by atoms with van der Waals surface area (Å²) in [5.74, 6) is 3.37. The molecule has 7 nitrogen and oxygen atoms in total. The van der Waals surface area contributed by atoms with E-state index in [4.69, 9.17) is 18.9 Å². The maximum absolute atomic E-state index is 12.0. The summed E-state index contributed by atoms with van der Waals surface area (Å²) in [6, 6.07) is 8.50. The van der Waals surface area contributed by atoms with Crippen molar-refractivity contribution >= 4 is 11.7 Å². The Bertz CT molecular complexity index is 773. The Morgan fingerprint density at radius 1 is 0.824 bits per heavy atom. The number of hydrogen-bond acceptors (Lipinski definition) is 6. The SMILES string of the molecule is CC(=O)COCCOCCOCCNC(=O)COc1ccc(C23CC4CC(CC(C4)C2)C3)cc1. The van der Waals surface area contributed by atoms with Crippen LogP contribution >= 0.6 is 0 Å². The molecule has 1 N–H and O–H groups in total. The molecule has 1 amide bonds. The van der Waals surface area contributed by atoms with E-state index in [1.807, 2.05) is 12.1 Å². The minimum Gasteiger partial charge on any atom is -0.484 e. The van der Waals surface area contributed by atoms with Gasteiger partial charge in [0.05, 0.1) is 33.0 Å². The molecule has 4 fully saturated rings. The van der Waals surface area contributed by atoms with Crippen molar-refractivity contribution < 1.29 is 28.5 Å².